The Morgan fingerprint density at radius 3 is 2.52 bits per heavy atom. The second kappa shape index (κ2) is 8.68. The van der Waals surface area contributed by atoms with Crippen LogP contribution in [0.4, 0.5) is 0 Å². The van der Waals surface area contributed by atoms with Crippen molar-refractivity contribution in [2.24, 2.45) is 10.9 Å². The molecule has 1 saturated heterocycles. The molecule has 2 fully saturated rings. The number of nitrogens with one attached hydrogen (secondary N) is 3. The van der Waals surface area contributed by atoms with Gasteiger partial charge in [-0.05, 0) is 39.0 Å². The molecule has 1 aliphatic carbocycles. The Labute approximate surface area is 153 Å². The maximum absolute atomic E-state index is 11.4. The number of likely N-dealkylation sites (tertiary alicyclic amines) is 1. The van der Waals surface area contributed by atoms with E-state index in [0.717, 1.165) is 31.4 Å². The highest BCUT2D eigenvalue weighted by Crippen LogP contribution is 2.26. The lowest BCUT2D eigenvalue weighted by molar-refractivity contribution is 0.275. The molecule has 8 heteroatoms. The monoisotopic (exact) mass is 373 g/mol. The average Bonchev–Trinajstić information content (AvgIpc) is 3.13. The molecule has 1 aliphatic heterocycles. The predicted octanol–water partition coefficient (Wildman–Crippen LogP) is 0.744. The van der Waals surface area contributed by atoms with E-state index >= 15 is 0 Å². The molecule has 2 aliphatic rings. The first kappa shape index (κ1) is 20.5. The van der Waals surface area contributed by atoms with Crippen LogP contribution in [0.3, 0.4) is 0 Å². The van der Waals surface area contributed by atoms with Gasteiger partial charge in [0.25, 0.3) is 0 Å². The zero-order valence-corrected chi connectivity index (χ0v) is 17.0. The van der Waals surface area contributed by atoms with Crippen molar-refractivity contribution in [3.8, 4) is 0 Å². The zero-order valence-electron chi connectivity index (χ0n) is 16.1. The Hall–Kier alpha value is -0.860. The van der Waals surface area contributed by atoms with Crippen molar-refractivity contribution in [3.63, 3.8) is 0 Å². The van der Waals surface area contributed by atoms with Gasteiger partial charge in [0.1, 0.15) is 0 Å². The van der Waals surface area contributed by atoms with Crippen LogP contribution in [0.25, 0.3) is 0 Å². The van der Waals surface area contributed by atoms with E-state index in [-0.39, 0.29) is 0 Å². The molecule has 1 saturated carbocycles. The molecule has 3 N–H and O–H groups in total. The second-order valence-electron chi connectivity index (χ2n) is 8.22. The van der Waals surface area contributed by atoms with Gasteiger partial charge in [-0.25, -0.2) is 13.1 Å². The van der Waals surface area contributed by atoms with Gasteiger partial charge in [0.15, 0.2) is 5.96 Å². The van der Waals surface area contributed by atoms with Crippen LogP contribution in [0.15, 0.2) is 4.99 Å². The molecule has 2 rings (SSSR count). The lowest BCUT2D eigenvalue weighted by Gasteiger charge is -2.27. The molecule has 0 spiro atoms. The Kier molecular flexibility index (Phi) is 7.10. The average molecular weight is 374 g/mol. The van der Waals surface area contributed by atoms with Crippen LogP contribution in [-0.4, -0.2) is 70.3 Å². The van der Waals surface area contributed by atoms with Crippen molar-refractivity contribution in [2.45, 2.75) is 57.5 Å². The summed E-state index contributed by atoms with van der Waals surface area (Å²) in [5.74, 6) is 1.62. The lowest BCUT2D eigenvalue weighted by atomic mass is 10.1. The van der Waals surface area contributed by atoms with Gasteiger partial charge >= 0.3 is 0 Å². The van der Waals surface area contributed by atoms with Gasteiger partial charge in [-0.1, -0.05) is 12.8 Å². The van der Waals surface area contributed by atoms with Crippen LogP contribution >= 0.6 is 0 Å². The second-order valence-corrected chi connectivity index (χ2v) is 9.97. The highest BCUT2D eigenvalue weighted by Gasteiger charge is 2.27. The van der Waals surface area contributed by atoms with Crippen LogP contribution in [-0.2, 0) is 10.0 Å². The molecule has 25 heavy (non-hydrogen) atoms. The van der Waals surface area contributed by atoms with Gasteiger partial charge in [0.05, 0.1) is 6.26 Å². The molecule has 0 aromatic rings. The molecule has 1 heterocycles. The quantitative estimate of drug-likeness (QED) is 0.453. The first-order valence-electron chi connectivity index (χ1n) is 9.35. The highest BCUT2D eigenvalue weighted by atomic mass is 32.2. The minimum absolute atomic E-state index is 0.401. The summed E-state index contributed by atoms with van der Waals surface area (Å²) in [5.41, 5.74) is -0.574. The van der Waals surface area contributed by atoms with Crippen molar-refractivity contribution in [2.75, 3.05) is 39.5 Å². The number of nitrogens with zero attached hydrogens (tertiary/aromatic N) is 2. The summed E-state index contributed by atoms with van der Waals surface area (Å²) in [4.78, 5) is 6.84. The third kappa shape index (κ3) is 7.50. The van der Waals surface area contributed by atoms with Crippen LogP contribution in [0.1, 0.15) is 46.0 Å². The van der Waals surface area contributed by atoms with Crippen molar-refractivity contribution in [1.82, 2.24) is 20.3 Å². The minimum atomic E-state index is -3.23. The predicted molar refractivity (Wildman–Crippen MR) is 103 cm³/mol. The normalized spacial score (nSPS) is 24.0. The maximum Gasteiger partial charge on any atom is 0.209 e. The first-order valence-corrected chi connectivity index (χ1v) is 11.2. The molecule has 0 radical (unpaired) electrons. The molecular formula is C17H35N5O2S. The number of hydrogen-bond donors (Lipinski definition) is 3. The van der Waals surface area contributed by atoms with Crippen molar-refractivity contribution < 1.29 is 8.42 Å². The van der Waals surface area contributed by atoms with E-state index in [0.29, 0.717) is 12.6 Å². The summed E-state index contributed by atoms with van der Waals surface area (Å²) >= 11 is 0. The zero-order chi connectivity index (χ0) is 18.5. The minimum Gasteiger partial charge on any atom is -0.355 e. The van der Waals surface area contributed by atoms with E-state index in [9.17, 15) is 8.42 Å². The largest absolute Gasteiger partial charge is 0.355 e. The summed E-state index contributed by atoms with van der Waals surface area (Å²) in [5, 5.41) is 6.72. The van der Waals surface area contributed by atoms with E-state index in [2.05, 4.69) is 25.2 Å². The van der Waals surface area contributed by atoms with Gasteiger partial charge < -0.3 is 15.5 Å². The third-order valence-corrected chi connectivity index (χ3v) is 5.91. The summed E-state index contributed by atoms with van der Waals surface area (Å²) < 4.78 is 25.5. The molecule has 0 bridgehead atoms. The van der Waals surface area contributed by atoms with Gasteiger partial charge in [0.2, 0.25) is 10.0 Å². The summed E-state index contributed by atoms with van der Waals surface area (Å²) in [7, 11) is -1.49. The van der Waals surface area contributed by atoms with Crippen LogP contribution in [0.2, 0.25) is 0 Å². The fourth-order valence-electron chi connectivity index (χ4n) is 3.91. The molecule has 0 amide bonds. The topological polar surface area (TPSA) is 85.8 Å². The van der Waals surface area contributed by atoms with E-state index in [1.165, 1.54) is 38.5 Å². The Bertz CT molecular complexity index is 555. The van der Waals surface area contributed by atoms with E-state index in [1.54, 1.807) is 7.05 Å². The number of aliphatic imine (C=N–C) groups is 1. The molecule has 146 valence electrons. The van der Waals surface area contributed by atoms with E-state index in [1.807, 2.05) is 13.8 Å². The van der Waals surface area contributed by atoms with Crippen molar-refractivity contribution in [1.29, 1.82) is 0 Å². The molecule has 0 aromatic carbocycles. The standard InChI is InChI=1S/C17H35N5O2S/c1-17(2,21-25(4,23)24)13-19-16(18-3)20-15-9-10-22(12-15)11-14-7-5-6-8-14/h14-15,21H,5-13H2,1-4H3,(H2,18,19,20). The van der Waals surface area contributed by atoms with Gasteiger partial charge in [-0.3, -0.25) is 4.99 Å². The summed E-state index contributed by atoms with van der Waals surface area (Å²) in [6, 6.07) is 0.401. The van der Waals surface area contributed by atoms with Crippen molar-refractivity contribution in [3.05, 3.63) is 0 Å². The van der Waals surface area contributed by atoms with E-state index < -0.39 is 15.6 Å². The molecule has 0 aromatic heterocycles. The van der Waals surface area contributed by atoms with Gasteiger partial charge in [-0.2, -0.15) is 0 Å². The number of rotatable bonds is 7. The van der Waals surface area contributed by atoms with Gasteiger partial charge in [-0.15, -0.1) is 0 Å². The first-order chi connectivity index (χ1) is 11.7. The van der Waals surface area contributed by atoms with E-state index in [4.69, 9.17) is 0 Å². The van der Waals surface area contributed by atoms with Crippen LogP contribution in [0.5, 0.6) is 0 Å². The number of hydrogen-bond acceptors (Lipinski definition) is 4. The number of guanidine groups is 1. The fraction of sp³-hybridized carbons (Fsp3) is 0.941. The fourth-order valence-corrected chi connectivity index (χ4v) is 4.98. The number of sulfonamides is 1. The molecule has 7 nitrogen and oxygen atoms in total. The Morgan fingerprint density at radius 2 is 1.92 bits per heavy atom. The molecular weight excluding hydrogens is 338 g/mol. The van der Waals surface area contributed by atoms with Crippen LogP contribution < -0.4 is 15.4 Å². The maximum atomic E-state index is 11.4. The highest BCUT2D eigenvalue weighted by molar-refractivity contribution is 7.88. The Balaban J connectivity index is 1.74. The van der Waals surface area contributed by atoms with Crippen molar-refractivity contribution >= 4 is 16.0 Å². The van der Waals surface area contributed by atoms with Gasteiger partial charge in [0, 0.05) is 44.8 Å². The molecule has 1 atom stereocenters. The SMILES string of the molecule is CN=C(NCC(C)(C)NS(C)(=O)=O)NC1CCN(CC2CCCC2)C1. The Morgan fingerprint density at radius 1 is 1.24 bits per heavy atom. The summed E-state index contributed by atoms with van der Waals surface area (Å²) in [6.45, 7) is 7.61. The van der Waals surface area contributed by atoms with Crippen LogP contribution in [0, 0.1) is 5.92 Å². The third-order valence-electron chi connectivity index (χ3n) is 4.99. The molecule has 1 unspecified atom stereocenters. The lowest BCUT2D eigenvalue weighted by Crippen LogP contribution is -2.54. The smallest absolute Gasteiger partial charge is 0.209 e. The summed E-state index contributed by atoms with van der Waals surface area (Å²) in [6.07, 6.45) is 7.88.